The highest BCUT2D eigenvalue weighted by Crippen LogP contribution is 2.24. The summed E-state index contributed by atoms with van der Waals surface area (Å²) in [6.07, 6.45) is 5.68. The number of esters is 1. The highest BCUT2D eigenvalue weighted by molar-refractivity contribution is 6.32. The third-order valence-electron chi connectivity index (χ3n) is 2.48. The van der Waals surface area contributed by atoms with Crippen molar-refractivity contribution in [2.45, 2.75) is 6.42 Å². The normalized spacial score (nSPS) is 11.2. The van der Waals surface area contributed by atoms with Gasteiger partial charge in [0.2, 0.25) is 0 Å². The van der Waals surface area contributed by atoms with Crippen molar-refractivity contribution in [2.75, 3.05) is 7.11 Å². The van der Waals surface area contributed by atoms with Crippen LogP contribution in [0.3, 0.4) is 0 Å². The molecule has 0 aliphatic rings. The SMILES string of the molecule is COC(=O)CC=Cc1cc2cc[nH]c2cc1Cl. The van der Waals surface area contributed by atoms with E-state index in [9.17, 15) is 4.79 Å². The molecule has 1 aromatic heterocycles. The molecular weight excluding hydrogens is 238 g/mol. The lowest BCUT2D eigenvalue weighted by Gasteiger charge is -1.99. The van der Waals surface area contributed by atoms with Crippen LogP contribution >= 0.6 is 11.6 Å². The molecule has 0 bridgehead atoms. The van der Waals surface area contributed by atoms with Crippen molar-refractivity contribution < 1.29 is 9.53 Å². The second kappa shape index (κ2) is 5.06. The maximum atomic E-state index is 10.9. The molecule has 0 spiro atoms. The number of fused-ring (bicyclic) bond motifs is 1. The average molecular weight is 250 g/mol. The largest absolute Gasteiger partial charge is 0.469 e. The smallest absolute Gasteiger partial charge is 0.309 e. The number of rotatable bonds is 3. The van der Waals surface area contributed by atoms with E-state index >= 15 is 0 Å². The lowest BCUT2D eigenvalue weighted by Crippen LogP contribution is -1.96. The Morgan fingerprint density at radius 1 is 1.53 bits per heavy atom. The Balaban J connectivity index is 2.22. The fourth-order valence-corrected chi connectivity index (χ4v) is 1.81. The third-order valence-corrected chi connectivity index (χ3v) is 2.81. The molecule has 2 aromatic rings. The average Bonchev–Trinajstić information content (AvgIpc) is 2.76. The topological polar surface area (TPSA) is 42.1 Å². The molecule has 0 aliphatic carbocycles. The van der Waals surface area contributed by atoms with Gasteiger partial charge in [0, 0.05) is 22.1 Å². The van der Waals surface area contributed by atoms with Crippen molar-refractivity contribution in [1.29, 1.82) is 0 Å². The molecule has 3 nitrogen and oxygen atoms in total. The van der Waals surface area contributed by atoms with Gasteiger partial charge in [-0.25, -0.2) is 0 Å². The zero-order chi connectivity index (χ0) is 12.3. The van der Waals surface area contributed by atoms with Gasteiger partial charge < -0.3 is 9.72 Å². The van der Waals surface area contributed by atoms with Crippen LogP contribution in [0.25, 0.3) is 17.0 Å². The van der Waals surface area contributed by atoms with Crippen LogP contribution in [0.4, 0.5) is 0 Å². The van der Waals surface area contributed by atoms with E-state index in [0.29, 0.717) is 5.02 Å². The molecule has 0 amide bonds. The van der Waals surface area contributed by atoms with Crippen LogP contribution in [0, 0.1) is 0 Å². The Morgan fingerprint density at radius 3 is 3.12 bits per heavy atom. The first kappa shape index (κ1) is 11.7. The quantitative estimate of drug-likeness (QED) is 0.847. The Kier molecular flexibility index (Phi) is 3.49. The summed E-state index contributed by atoms with van der Waals surface area (Å²) in [5.41, 5.74) is 1.89. The van der Waals surface area contributed by atoms with Crippen LogP contribution < -0.4 is 0 Å². The van der Waals surface area contributed by atoms with Gasteiger partial charge in [-0.2, -0.15) is 0 Å². The van der Waals surface area contributed by atoms with E-state index in [-0.39, 0.29) is 12.4 Å². The molecule has 17 heavy (non-hydrogen) atoms. The Hall–Kier alpha value is -1.74. The van der Waals surface area contributed by atoms with E-state index in [0.717, 1.165) is 16.5 Å². The third kappa shape index (κ3) is 2.68. The Bertz CT molecular complexity index is 572. The van der Waals surface area contributed by atoms with E-state index < -0.39 is 0 Å². The van der Waals surface area contributed by atoms with Gasteiger partial charge in [-0.1, -0.05) is 23.8 Å². The van der Waals surface area contributed by atoms with Gasteiger partial charge in [-0.05, 0) is 23.8 Å². The summed E-state index contributed by atoms with van der Waals surface area (Å²) >= 11 is 6.12. The minimum atomic E-state index is -0.264. The minimum absolute atomic E-state index is 0.248. The fourth-order valence-electron chi connectivity index (χ4n) is 1.58. The highest BCUT2D eigenvalue weighted by Gasteiger charge is 2.01. The summed E-state index contributed by atoms with van der Waals surface area (Å²) in [4.78, 5) is 14.0. The van der Waals surface area contributed by atoms with E-state index in [1.54, 1.807) is 6.08 Å². The second-order valence-corrected chi connectivity index (χ2v) is 4.03. The summed E-state index contributed by atoms with van der Waals surface area (Å²) in [5, 5.41) is 1.74. The van der Waals surface area contributed by atoms with Crippen LogP contribution in [0.15, 0.2) is 30.5 Å². The maximum absolute atomic E-state index is 10.9. The molecule has 0 atom stereocenters. The van der Waals surface area contributed by atoms with Crippen molar-refractivity contribution >= 4 is 34.5 Å². The van der Waals surface area contributed by atoms with Crippen LogP contribution in [-0.4, -0.2) is 18.1 Å². The first-order valence-corrected chi connectivity index (χ1v) is 5.58. The molecule has 88 valence electrons. The maximum Gasteiger partial charge on any atom is 0.309 e. The molecule has 0 fully saturated rings. The van der Waals surface area contributed by atoms with Crippen LogP contribution in [0.2, 0.25) is 5.02 Å². The standard InChI is InChI=1S/C13H12ClNO2/c1-17-13(16)4-2-3-9-7-10-5-6-15-12(10)8-11(9)14/h2-3,5-8,15H,4H2,1H3. The molecule has 1 aromatic carbocycles. The second-order valence-electron chi connectivity index (χ2n) is 3.62. The highest BCUT2D eigenvalue weighted by atomic mass is 35.5. The fraction of sp³-hybridized carbons (Fsp3) is 0.154. The zero-order valence-electron chi connectivity index (χ0n) is 9.37. The van der Waals surface area contributed by atoms with E-state index in [1.165, 1.54) is 7.11 Å². The lowest BCUT2D eigenvalue weighted by atomic mass is 10.1. The predicted molar refractivity (Wildman–Crippen MR) is 69.0 cm³/mol. The van der Waals surface area contributed by atoms with Crippen molar-refractivity contribution in [1.82, 2.24) is 4.98 Å². The van der Waals surface area contributed by atoms with Gasteiger partial charge in [0.25, 0.3) is 0 Å². The molecule has 0 saturated heterocycles. The van der Waals surface area contributed by atoms with Crippen LogP contribution in [-0.2, 0) is 9.53 Å². The number of halogens is 1. The first-order chi connectivity index (χ1) is 8.20. The first-order valence-electron chi connectivity index (χ1n) is 5.20. The number of ether oxygens (including phenoxy) is 1. The molecule has 0 saturated carbocycles. The Morgan fingerprint density at radius 2 is 2.35 bits per heavy atom. The van der Waals surface area contributed by atoms with Crippen molar-refractivity contribution in [3.63, 3.8) is 0 Å². The van der Waals surface area contributed by atoms with Gasteiger partial charge in [0.05, 0.1) is 13.5 Å². The van der Waals surface area contributed by atoms with Gasteiger partial charge in [0.15, 0.2) is 0 Å². The van der Waals surface area contributed by atoms with E-state index in [4.69, 9.17) is 11.6 Å². The number of carbonyl (C=O) groups excluding carboxylic acids is 1. The molecule has 2 rings (SSSR count). The number of carbonyl (C=O) groups is 1. The number of benzene rings is 1. The molecular formula is C13H12ClNO2. The number of nitrogens with one attached hydrogen (secondary N) is 1. The van der Waals surface area contributed by atoms with Gasteiger partial charge in [0.1, 0.15) is 0 Å². The number of hydrogen-bond acceptors (Lipinski definition) is 2. The zero-order valence-corrected chi connectivity index (χ0v) is 10.1. The van der Waals surface area contributed by atoms with Crippen molar-refractivity contribution in [3.8, 4) is 0 Å². The summed E-state index contributed by atoms with van der Waals surface area (Å²) in [6, 6.07) is 5.82. The summed E-state index contributed by atoms with van der Waals surface area (Å²) in [7, 11) is 1.37. The van der Waals surface area contributed by atoms with E-state index in [1.807, 2.05) is 30.5 Å². The molecule has 1 heterocycles. The number of methoxy groups -OCH3 is 1. The monoisotopic (exact) mass is 249 g/mol. The summed E-state index contributed by atoms with van der Waals surface area (Å²) in [6.45, 7) is 0. The van der Waals surface area contributed by atoms with Crippen molar-refractivity contribution in [2.24, 2.45) is 0 Å². The van der Waals surface area contributed by atoms with Crippen LogP contribution in [0.5, 0.6) is 0 Å². The predicted octanol–water partition coefficient (Wildman–Crippen LogP) is 3.40. The van der Waals surface area contributed by atoms with Crippen molar-refractivity contribution in [3.05, 3.63) is 41.1 Å². The van der Waals surface area contributed by atoms with Crippen LogP contribution in [0.1, 0.15) is 12.0 Å². The molecule has 4 heteroatoms. The number of aromatic nitrogens is 1. The number of H-pyrrole nitrogens is 1. The lowest BCUT2D eigenvalue weighted by molar-refractivity contribution is -0.139. The Labute approximate surface area is 104 Å². The minimum Gasteiger partial charge on any atom is -0.469 e. The van der Waals surface area contributed by atoms with Gasteiger partial charge in [-0.15, -0.1) is 0 Å². The molecule has 1 N–H and O–H groups in total. The van der Waals surface area contributed by atoms with E-state index in [2.05, 4.69) is 9.72 Å². The number of hydrogen-bond donors (Lipinski definition) is 1. The molecule has 0 aliphatic heterocycles. The molecule has 0 unspecified atom stereocenters. The number of aromatic amines is 1. The summed E-state index contributed by atoms with van der Waals surface area (Å²) in [5.74, 6) is -0.264. The van der Waals surface area contributed by atoms with Gasteiger partial charge >= 0.3 is 5.97 Å². The summed E-state index contributed by atoms with van der Waals surface area (Å²) < 4.78 is 4.55. The molecule has 0 radical (unpaired) electrons. The van der Waals surface area contributed by atoms with Gasteiger partial charge in [-0.3, -0.25) is 4.79 Å².